The molecule has 0 radical (unpaired) electrons. The molecule has 0 spiro atoms. The lowest BCUT2D eigenvalue weighted by Crippen LogP contribution is -2.30. The molecule has 1 aliphatic rings. The molecule has 1 aliphatic carbocycles. The van der Waals surface area contributed by atoms with Crippen molar-refractivity contribution in [2.75, 3.05) is 0 Å². The molecule has 3 nitrogen and oxygen atoms in total. The van der Waals surface area contributed by atoms with E-state index in [1.165, 1.54) is 38.9 Å². The van der Waals surface area contributed by atoms with Gasteiger partial charge in [0.05, 0.1) is 16.8 Å². The molecule has 4 aromatic carbocycles. The molecule has 3 heteroatoms. The Labute approximate surface area is 279 Å². The Bertz CT molecular complexity index is 2030. The zero-order valence-electron chi connectivity index (χ0n) is 28.4. The van der Waals surface area contributed by atoms with Gasteiger partial charge in [0.15, 0.2) is 0 Å². The van der Waals surface area contributed by atoms with Gasteiger partial charge in [-0.2, -0.15) is 0 Å². The quantitative estimate of drug-likeness (QED) is 0.193. The van der Waals surface area contributed by atoms with E-state index in [1.54, 1.807) is 0 Å². The summed E-state index contributed by atoms with van der Waals surface area (Å²) in [7, 11) is 0. The minimum Gasteiger partial charge on any atom is -0.457 e. The van der Waals surface area contributed by atoms with Crippen LogP contribution in [0.25, 0.3) is 22.4 Å². The second-order valence-corrected chi connectivity index (χ2v) is 14.9. The molecule has 6 aromatic rings. The monoisotopic (exact) mass is 614 g/mol. The number of nitrogens with zero attached hydrogens (tertiary/aromatic N) is 2. The van der Waals surface area contributed by atoms with Crippen LogP contribution in [-0.4, -0.2) is 9.97 Å². The number of hydrogen-bond acceptors (Lipinski definition) is 3. The zero-order valence-corrected chi connectivity index (χ0v) is 28.4. The summed E-state index contributed by atoms with van der Waals surface area (Å²) in [6.45, 7) is 15.8. The molecule has 0 fully saturated rings. The van der Waals surface area contributed by atoms with Gasteiger partial charge in [0.2, 0.25) is 0 Å². The van der Waals surface area contributed by atoms with Crippen molar-refractivity contribution >= 4 is 0 Å². The summed E-state index contributed by atoms with van der Waals surface area (Å²) >= 11 is 0. The van der Waals surface area contributed by atoms with Crippen LogP contribution < -0.4 is 4.74 Å². The smallest absolute Gasteiger partial charge is 0.128 e. The van der Waals surface area contributed by atoms with Gasteiger partial charge < -0.3 is 4.74 Å². The van der Waals surface area contributed by atoms with Crippen LogP contribution in [0, 0.1) is 6.92 Å². The number of rotatable bonds is 5. The van der Waals surface area contributed by atoms with E-state index in [9.17, 15) is 0 Å². The number of ether oxygens (including phenoxy) is 1. The highest BCUT2D eigenvalue weighted by Gasteiger charge is 2.48. The molecule has 234 valence electrons. The van der Waals surface area contributed by atoms with E-state index in [4.69, 9.17) is 9.72 Å². The molecule has 0 amide bonds. The maximum atomic E-state index is 6.64. The Morgan fingerprint density at radius 2 is 1.19 bits per heavy atom. The van der Waals surface area contributed by atoms with E-state index in [-0.39, 0.29) is 10.8 Å². The lowest BCUT2D eigenvalue weighted by molar-refractivity contribution is 0.481. The minimum absolute atomic E-state index is 0.0155. The van der Waals surface area contributed by atoms with Crippen molar-refractivity contribution in [2.24, 2.45) is 0 Å². The van der Waals surface area contributed by atoms with Crippen LogP contribution in [0.5, 0.6) is 11.5 Å². The molecular formula is C44H42N2O. The van der Waals surface area contributed by atoms with Gasteiger partial charge in [-0.3, -0.25) is 9.97 Å². The van der Waals surface area contributed by atoms with Crippen molar-refractivity contribution in [3.8, 4) is 33.9 Å². The van der Waals surface area contributed by atoms with Gasteiger partial charge >= 0.3 is 0 Å². The van der Waals surface area contributed by atoms with Gasteiger partial charge in [-0.05, 0) is 111 Å². The molecule has 0 saturated heterocycles. The standard InChI is InChI=1S/C44H42N2O/c1-29-21-23-45-40(24-29)30-12-10-14-34(25-30)47-35-15-11-13-33(26-35)44(41-16-8-9-22-46-41)38-27-31(42(2,3)4)17-19-36(38)37-20-18-32(28-39(37)44)43(5,6)7/h8-28H,1-7H3. The minimum atomic E-state index is -0.638. The Morgan fingerprint density at radius 1 is 0.553 bits per heavy atom. The van der Waals surface area contributed by atoms with Crippen LogP contribution in [0.15, 0.2) is 128 Å². The van der Waals surface area contributed by atoms with Crippen LogP contribution in [-0.2, 0) is 16.2 Å². The molecule has 2 aromatic heterocycles. The van der Waals surface area contributed by atoms with Crippen molar-refractivity contribution in [1.29, 1.82) is 0 Å². The lowest BCUT2D eigenvalue weighted by Gasteiger charge is -2.34. The van der Waals surface area contributed by atoms with Gasteiger partial charge in [-0.25, -0.2) is 0 Å². The van der Waals surface area contributed by atoms with E-state index in [0.29, 0.717) is 0 Å². The largest absolute Gasteiger partial charge is 0.457 e. The Morgan fingerprint density at radius 3 is 1.79 bits per heavy atom. The van der Waals surface area contributed by atoms with E-state index in [1.807, 2.05) is 42.7 Å². The molecule has 2 heterocycles. The van der Waals surface area contributed by atoms with Gasteiger partial charge in [0, 0.05) is 18.0 Å². The maximum Gasteiger partial charge on any atom is 0.128 e. The summed E-state index contributed by atoms with van der Waals surface area (Å²) in [5.74, 6) is 1.55. The number of pyridine rings is 2. The molecule has 0 atom stereocenters. The van der Waals surface area contributed by atoms with Crippen molar-refractivity contribution < 1.29 is 4.74 Å². The highest BCUT2D eigenvalue weighted by molar-refractivity contribution is 5.86. The van der Waals surface area contributed by atoms with Gasteiger partial charge in [-0.15, -0.1) is 0 Å². The second kappa shape index (κ2) is 11.3. The summed E-state index contributed by atoms with van der Waals surface area (Å²) in [5.41, 5.74) is 12.2. The van der Waals surface area contributed by atoms with Crippen molar-refractivity contribution in [3.63, 3.8) is 0 Å². The number of hydrogen-bond donors (Lipinski definition) is 0. The summed E-state index contributed by atoms with van der Waals surface area (Å²) < 4.78 is 6.64. The van der Waals surface area contributed by atoms with Crippen LogP contribution in [0.4, 0.5) is 0 Å². The number of aryl methyl sites for hydroxylation is 1. The number of fused-ring (bicyclic) bond motifs is 3. The molecular weight excluding hydrogens is 572 g/mol. The first kappa shape index (κ1) is 30.6. The lowest BCUT2D eigenvalue weighted by atomic mass is 9.68. The normalized spacial score (nSPS) is 13.6. The van der Waals surface area contributed by atoms with Crippen molar-refractivity contribution in [3.05, 3.63) is 167 Å². The predicted molar refractivity (Wildman–Crippen MR) is 193 cm³/mol. The molecule has 0 aliphatic heterocycles. The third-order valence-electron chi connectivity index (χ3n) is 9.47. The van der Waals surface area contributed by atoms with Crippen LogP contribution in [0.2, 0.25) is 0 Å². The van der Waals surface area contributed by atoms with E-state index in [0.717, 1.165) is 34.0 Å². The molecule has 47 heavy (non-hydrogen) atoms. The third-order valence-corrected chi connectivity index (χ3v) is 9.47. The zero-order chi connectivity index (χ0) is 33.0. The molecule has 0 bridgehead atoms. The first-order valence-electron chi connectivity index (χ1n) is 16.5. The highest BCUT2D eigenvalue weighted by atomic mass is 16.5. The summed E-state index contributed by atoms with van der Waals surface area (Å²) in [4.78, 5) is 9.70. The molecule has 0 N–H and O–H groups in total. The van der Waals surface area contributed by atoms with E-state index < -0.39 is 5.41 Å². The van der Waals surface area contributed by atoms with E-state index >= 15 is 0 Å². The number of aromatic nitrogens is 2. The van der Waals surface area contributed by atoms with Gasteiger partial charge in [0.1, 0.15) is 11.5 Å². The highest BCUT2D eigenvalue weighted by Crippen LogP contribution is 2.57. The van der Waals surface area contributed by atoms with Gasteiger partial charge in [-0.1, -0.05) is 108 Å². The molecule has 0 unspecified atom stereocenters. The van der Waals surface area contributed by atoms with Crippen LogP contribution in [0.3, 0.4) is 0 Å². The fraction of sp³-hybridized carbons (Fsp3) is 0.227. The Hall–Kier alpha value is -5.02. The average Bonchev–Trinajstić information content (AvgIpc) is 3.35. The van der Waals surface area contributed by atoms with Crippen molar-refractivity contribution in [2.45, 2.75) is 64.7 Å². The van der Waals surface area contributed by atoms with Crippen LogP contribution in [0.1, 0.15) is 80.6 Å². The predicted octanol–water partition coefficient (Wildman–Crippen LogP) is 11.2. The Balaban J connectivity index is 1.45. The summed E-state index contributed by atoms with van der Waals surface area (Å²) in [5, 5.41) is 0. The number of benzene rings is 4. The first-order valence-corrected chi connectivity index (χ1v) is 16.5. The molecule has 0 saturated carbocycles. The van der Waals surface area contributed by atoms with Crippen LogP contribution >= 0.6 is 0 Å². The van der Waals surface area contributed by atoms with E-state index in [2.05, 4.69) is 138 Å². The van der Waals surface area contributed by atoms with Crippen molar-refractivity contribution in [1.82, 2.24) is 9.97 Å². The summed E-state index contributed by atoms with van der Waals surface area (Å²) in [6, 6.07) is 41.3. The SMILES string of the molecule is Cc1ccnc(-c2cccc(Oc3cccc(C4(c5ccccn5)c5cc(C(C)(C)C)ccc5-c5ccc(C(C)(C)C)cc54)c3)c2)c1. The average molecular weight is 615 g/mol. The first-order chi connectivity index (χ1) is 22.4. The fourth-order valence-corrected chi connectivity index (χ4v) is 6.92. The fourth-order valence-electron chi connectivity index (χ4n) is 6.92. The maximum absolute atomic E-state index is 6.64. The molecule has 7 rings (SSSR count). The van der Waals surface area contributed by atoms with Gasteiger partial charge in [0.25, 0.3) is 0 Å². The third kappa shape index (κ3) is 5.44. The summed E-state index contributed by atoms with van der Waals surface area (Å²) in [6.07, 6.45) is 3.77. The topological polar surface area (TPSA) is 35.0 Å². The second-order valence-electron chi connectivity index (χ2n) is 14.9. The Kier molecular flexibility index (Phi) is 7.39.